The van der Waals surface area contributed by atoms with Gasteiger partial charge in [0.2, 0.25) is 0 Å². The van der Waals surface area contributed by atoms with Crippen LogP contribution in [0.15, 0.2) is 42.5 Å². The third-order valence-electron chi connectivity index (χ3n) is 4.35. The minimum absolute atomic E-state index is 0.0402. The zero-order valence-corrected chi connectivity index (χ0v) is 15.5. The third kappa shape index (κ3) is 2.74. The highest BCUT2D eigenvalue weighted by molar-refractivity contribution is 14.1. The second-order valence-electron chi connectivity index (χ2n) is 5.98. The first-order valence-corrected chi connectivity index (χ1v) is 8.92. The summed E-state index contributed by atoms with van der Waals surface area (Å²) in [5, 5.41) is 0. The first-order chi connectivity index (χ1) is 12.5. The maximum Gasteiger partial charge on any atom is 0.414 e. The Kier molecular flexibility index (Phi) is 4.14. The molecule has 1 fully saturated rings. The molecule has 0 aliphatic carbocycles. The van der Waals surface area contributed by atoms with E-state index in [-0.39, 0.29) is 13.1 Å². The summed E-state index contributed by atoms with van der Waals surface area (Å²) in [6.45, 7) is 0.0910. The molecular weight excluding hydrogens is 454 g/mol. The van der Waals surface area contributed by atoms with Gasteiger partial charge in [-0.2, -0.15) is 0 Å². The van der Waals surface area contributed by atoms with Gasteiger partial charge < -0.3 is 4.74 Å². The van der Waals surface area contributed by atoms with E-state index in [1.165, 1.54) is 11.0 Å². The number of benzene rings is 2. The molecule has 0 saturated carbocycles. The number of fused-ring (bicyclic) bond motifs is 1. The summed E-state index contributed by atoms with van der Waals surface area (Å²) in [5.74, 6) is -1.24. The summed E-state index contributed by atoms with van der Waals surface area (Å²) in [4.78, 5) is 39.3. The molecule has 8 heteroatoms. The Bertz CT molecular complexity index is 914. The predicted octanol–water partition coefficient (Wildman–Crippen LogP) is 3.05. The molecule has 1 saturated heterocycles. The van der Waals surface area contributed by atoms with Crippen LogP contribution in [0.4, 0.5) is 14.9 Å². The van der Waals surface area contributed by atoms with E-state index in [0.717, 1.165) is 4.90 Å². The van der Waals surface area contributed by atoms with Gasteiger partial charge in [-0.05, 0) is 52.9 Å². The van der Waals surface area contributed by atoms with E-state index in [1.54, 1.807) is 36.4 Å². The molecule has 6 nitrogen and oxygen atoms in total. The van der Waals surface area contributed by atoms with Gasteiger partial charge in [0.05, 0.1) is 29.9 Å². The molecule has 0 spiro atoms. The number of carbonyl (C=O) groups excluding carboxylic acids is 3. The third-order valence-corrected chi connectivity index (χ3v) is 5.23. The SMILES string of the molecule is O=C1c2ccccc2C(=O)N1C[C@@H]1CN(c2ccc(I)c(F)c2)C(=O)O1. The van der Waals surface area contributed by atoms with Crippen LogP contribution in [0.1, 0.15) is 20.7 Å². The van der Waals surface area contributed by atoms with Gasteiger partial charge in [-0.3, -0.25) is 19.4 Å². The van der Waals surface area contributed by atoms with Crippen LogP contribution >= 0.6 is 22.6 Å². The van der Waals surface area contributed by atoms with Crippen molar-refractivity contribution in [2.75, 3.05) is 18.0 Å². The van der Waals surface area contributed by atoms with E-state index < -0.39 is 29.8 Å². The van der Waals surface area contributed by atoms with Crippen molar-refractivity contribution < 1.29 is 23.5 Å². The van der Waals surface area contributed by atoms with Gasteiger partial charge in [0.15, 0.2) is 0 Å². The molecule has 2 aromatic rings. The molecule has 1 atom stereocenters. The lowest BCUT2D eigenvalue weighted by Gasteiger charge is -2.17. The number of hydrogen-bond acceptors (Lipinski definition) is 4. The molecule has 0 N–H and O–H groups in total. The van der Waals surface area contributed by atoms with Crippen molar-refractivity contribution in [1.29, 1.82) is 0 Å². The van der Waals surface area contributed by atoms with Crippen LogP contribution in [-0.2, 0) is 4.74 Å². The van der Waals surface area contributed by atoms with Gasteiger partial charge in [0, 0.05) is 3.57 Å². The molecular formula is C18H12FIN2O4. The Labute approximate surface area is 161 Å². The Hall–Kier alpha value is -2.49. The first-order valence-electron chi connectivity index (χ1n) is 7.84. The van der Waals surface area contributed by atoms with E-state index in [0.29, 0.717) is 20.4 Å². The fourth-order valence-corrected chi connectivity index (χ4v) is 3.42. The molecule has 2 aromatic carbocycles. The van der Waals surface area contributed by atoms with Gasteiger partial charge in [0.25, 0.3) is 11.8 Å². The highest BCUT2D eigenvalue weighted by Gasteiger charge is 2.40. The smallest absolute Gasteiger partial charge is 0.414 e. The number of hydrogen-bond donors (Lipinski definition) is 0. The number of cyclic esters (lactones) is 1. The maximum absolute atomic E-state index is 13.8. The number of amides is 3. The van der Waals surface area contributed by atoms with Crippen molar-refractivity contribution in [3.8, 4) is 0 Å². The highest BCUT2D eigenvalue weighted by Crippen LogP contribution is 2.27. The van der Waals surface area contributed by atoms with E-state index in [2.05, 4.69) is 0 Å². The average molecular weight is 466 g/mol. The average Bonchev–Trinajstić information content (AvgIpc) is 3.11. The molecule has 0 bridgehead atoms. The number of halogens is 2. The second-order valence-corrected chi connectivity index (χ2v) is 7.14. The number of carbonyl (C=O) groups is 3. The van der Waals surface area contributed by atoms with Crippen molar-refractivity contribution in [1.82, 2.24) is 4.90 Å². The van der Waals surface area contributed by atoms with E-state index in [1.807, 2.05) is 22.6 Å². The Balaban J connectivity index is 1.51. The topological polar surface area (TPSA) is 66.9 Å². The largest absolute Gasteiger partial charge is 0.442 e. The summed E-state index contributed by atoms with van der Waals surface area (Å²) >= 11 is 1.86. The number of imide groups is 1. The van der Waals surface area contributed by atoms with Crippen LogP contribution in [0.25, 0.3) is 0 Å². The van der Waals surface area contributed by atoms with Crippen LogP contribution < -0.4 is 4.90 Å². The molecule has 0 unspecified atom stereocenters. The van der Waals surface area contributed by atoms with Crippen LogP contribution in [0.5, 0.6) is 0 Å². The minimum Gasteiger partial charge on any atom is -0.442 e. The second kappa shape index (κ2) is 6.35. The summed E-state index contributed by atoms with van der Waals surface area (Å²) in [5.41, 5.74) is 1.06. The Morgan fingerprint density at radius 1 is 1.08 bits per heavy atom. The lowest BCUT2D eigenvalue weighted by molar-refractivity contribution is 0.0558. The molecule has 0 aromatic heterocycles. The highest BCUT2D eigenvalue weighted by atomic mass is 127. The standard InChI is InChI=1S/C18H12FIN2O4/c19-14-7-10(5-6-15(14)20)21-8-11(26-18(21)25)9-22-16(23)12-3-1-2-4-13(12)17(22)24/h1-7,11H,8-9H2/t11-/m0/s1. The molecule has 26 heavy (non-hydrogen) atoms. The van der Waals surface area contributed by atoms with Crippen LogP contribution in [0.2, 0.25) is 0 Å². The summed E-state index contributed by atoms with van der Waals surface area (Å²) in [6, 6.07) is 11.0. The normalized spacial score (nSPS) is 19.2. The predicted molar refractivity (Wildman–Crippen MR) is 98.5 cm³/mol. The fraction of sp³-hybridized carbons (Fsp3) is 0.167. The quantitative estimate of drug-likeness (QED) is 0.516. The van der Waals surface area contributed by atoms with Crippen LogP contribution in [0.3, 0.4) is 0 Å². The number of rotatable bonds is 3. The molecule has 132 valence electrons. The van der Waals surface area contributed by atoms with Crippen molar-refractivity contribution in [2.45, 2.75) is 6.10 Å². The number of nitrogens with zero attached hydrogens (tertiary/aromatic N) is 2. The van der Waals surface area contributed by atoms with Crippen LogP contribution in [-0.4, -0.2) is 42.0 Å². The number of ether oxygens (including phenoxy) is 1. The van der Waals surface area contributed by atoms with Crippen LogP contribution in [0, 0.1) is 9.39 Å². The summed E-state index contributed by atoms with van der Waals surface area (Å²) < 4.78 is 19.5. The maximum atomic E-state index is 13.8. The van der Waals surface area contributed by atoms with Gasteiger partial charge in [-0.15, -0.1) is 0 Å². The summed E-state index contributed by atoms with van der Waals surface area (Å²) in [7, 11) is 0. The molecule has 2 heterocycles. The van der Waals surface area contributed by atoms with Gasteiger partial charge >= 0.3 is 6.09 Å². The van der Waals surface area contributed by atoms with Gasteiger partial charge in [-0.25, -0.2) is 9.18 Å². The summed E-state index contributed by atoms with van der Waals surface area (Å²) in [6.07, 6.45) is -1.31. The molecule has 2 aliphatic rings. The fourth-order valence-electron chi connectivity index (χ4n) is 3.09. The lowest BCUT2D eigenvalue weighted by Crippen LogP contribution is -2.38. The monoisotopic (exact) mass is 466 g/mol. The number of anilines is 1. The minimum atomic E-state index is -0.674. The first kappa shape index (κ1) is 17.0. The molecule has 3 amide bonds. The van der Waals surface area contributed by atoms with E-state index >= 15 is 0 Å². The molecule has 4 rings (SSSR count). The molecule has 2 aliphatic heterocycles. The van der Waals surface area contributed by atoms with E-state index in [9.17, 15) is 18.8 Å². The zero-order chi connectivity index (χ0) is 18.4. The van der Waals surface area contributed by atoms with Crippen molar-refractivity contribution in [3.63, 3.8) is 0 Å². The van der Waals surface area contributed by atoms with Crippen molar-refractivity contribution in [2.24, 2.45) is 0 Å². The Morgan fingerprint density at radius 2 is 1.73 bits per heavy atom. The van der Waals surface area contributed by atoms with E-state index in [4.69, 9.17) is 4.74 Å². The van der Waals surface area contributed by atoms with Crippen molar-refractivity contribution in [3.05, 3.63) is 63.0 Å². The van der Waals surface area contributed by atoms with Gasteiger partial charge in [0.1, 0.15) is 11.9 Å². The van der Waals surface area contributed by atoms with Gasteiger partial charge in [-0.1, -0.05) is 12.1 Å². The molecule has 0 radical (unpaired) electrons. The lowest BCUT2D eigenvalue weighted by atomic mass is 10.1. The zero-order valence-electron chi connectivity index (χ0n) is 13.3. The van der Waals surface area contributed by atoms with Crippen molar-refractivity contribution >= 4 is 46.2 Å². The Morgan fingerprint density at radius 3 is 2.35 bits per heavy atom.